The molecule has 0 heterocycles. The molecule has 0 N–H and O–H groups in total. The molecule has 0 aromatic heterocycles. The standard InChI is InChI=1S/C9H14O3SSi/c1-2-7-12-13(10,11)8-5-3-4-6-9(8)14/h3-6H,2,7H2,1,14H3. The Morgan fingerprint density at radius 3 is 2.57 bits per heavy atom. The summed E-state index contributed by atoms with van der Waals surface area (Å²) < 4.78 is 28.1. The molecule has 3 nitrogen and oxygen atoms in total. The van der Waals surface area contributed by atoms with Gasteiger partial charge in [-0.15, -0.1) is 0 Å². The van der Waals surface area contributed by atoms with Crippen molar-refractivity contribution in [3.05, 3.63) is 24.3 Å². The maximum absolute atomic E-state index is 11.6. The van der Waals surface area contributed by atoms with Crippen LogP contribution in [0.3, 0.4) is 0 Å². The first-order valence-corrected chi connectivity index (χ1v) is 6.94. The first-order valence-electron chi connectivity index (χ1n) is 4.53. The smallest absolute Gasteiger partial charge is 0.266 e. The van der Waals surface area contributed by atoms with Gasteiger partial charge in [-0.25, -0.2) is 0 Å². The van der Waals surface area contributed by atoms with Gasteiger partial charge in [0.05, 0.1) is 11.5 Å². The molecule has 1 aromatic carbocycles. The molecular weight excluding hydrogens is 216 g/mol. The zero-order valence-corrected chi connectivity index (χ0v) is 11.2. The Hall–Kier alpha value is -0.653. The van der Waals surface area contributed by atoms with Gasteiger partial charge >= 0.3 is 0 Å². The van der Waals surface area contributed by atoms with Gasteiger partial charge in [0.2, 0.25) is 0 Å². The van der Waals surface area contributed by atoms with Crippen molar-refractivity contribution in [1.29, 1.82) is 0 Å². The molecule has 0 amide bonds. The van der Waals surface area contributed by atoms with Crippen LogP contribution in [0.1, 0.15) is 13.3 Å². The Balaban J connectivity index is 2.99. The second-order valence-electron chi connectivity index (χ2n) is 3.04. The zero-order valence-electron chi connectivity index (χ0n) is 8.36. The molecule has 78 valence electrons. The molecule has 0 bridgehead atoms. The molecule has 0 aliphatic carbocycles. The van der Waals surface area contributed by atoms with Gasteiger partial charge in [-0.05, 0) is 12.5 Å². The highest BCUT2D eigenvalue weighted by atomic mass is 32.2. The molecule has 0 aliphatic heterocycles. The van der Waals surface area contributed by atoms with E-state index in [1.165, 1.54) is 0 Å². The van der Waals surface area contributed by atoms with Crippen LogP contribution in [0.25, 0.3) is 0 Å². The Morgan fingerprint density at radius 1 is 1.36 bits per heavy atom. The Labute approximate surface area is 87.6 Å². The highest BCUT2D eigenvalue weighted by Gasteiger charge is 2.15. The van der Waals surface area contributed by atoms with Crippen molar-refractivity contribution in [2.24, 2.45) is 0 Å². The molecule has 14 heavy (non-hydrogen) atoms. The number of hydrogen-bond acceptors (Lipinski definition) is 3. The molecule has 0 atom stereocenters. The molecule has 0 saturated heterocycles. The molecule has 0 spiro atoms. The van der Waals surface area contributed by atoms with E-state index in [-0.39, 0.29) is 6.61 Å². The summed E-state index contributed by atoms with van der Waals surface area (Å²) in [6.45, 7) is 2.13. The lowest BCUT2D eigenvalue weighted by atomic mass is 10.4. The van der Waals surface area contributed by atoms with Crippen LogP contribution in [0.2, 0.25) is 0 Å². The molecule has 0 radical (unpaired) electrons. The van der Waals surface area contributed by atoms with Gasteiger partial charge in [0.25, 0.3) is 10.1 Å². The SMILES string of the molecule is CCCOS(=O)(=O)c1ccccc1[SiH3]. The Bertz CT molecular complexity index is 400. The second-order valence-corrected chi connectivity index (χ2v) is 5.70. The zero-order chi connectivity index (χ0) is 10.6. The van der Waals surface area contributed by atoms with Crippen molar-refractivity contribution in [1.82, 2.24) is 0 Å². The molecule has 5 heteroatoms. The number of hydrogen-bond donors (Lipinski definition) is 0. The summed E-state index contributed by atoms with van der Waals surface area (Å²) in [6.07, 6.45) is 0.697. The summed E-state index contributed by atoms with van der Waals surface area (Å²) in [6, 6.07) is 6.95. The minimum absolute atomic E-state index is 0.248. The van der Waals surface area contributed by atoms with Gasteiger partial charge < -0.3 is 0 Å². The second kappa shape index (κ2) is 4.72. The van der Waals surface area contributed by atoms with Crippen molar-refractivity contribution in [2.75, 3.05) is 6.61 Å². The van der Waals surface area contributed by atoms with E-state index in [4.69, 9.17) is 4.18 Å². The van der Waals surface area contributed by atoms with E-state index in [1.54, 1.807) is 12.1 Å². The third-order valence-corrected chi connectivity index (χ3v) is 4.51. The van der Waals surface area contributed by atoms with Crippen LogP contribution in [0.4, 0.5) is 0 Å². The first kappa shape index (κ1) is 11.4. The first-order chi connectivity index (χ1) is 6.58. The van der Waals surface area contributed by atoms with Crippen LogP contribution in [0, 0.1) is 0 Å². The van der Waals surface area contributed by atoms with E-state index in [0.29, 0.717) is 21.6 Å². The van der Waals surface area contributed by atoms with E-state index in [0.717, 1.165) is 5.19 Å². The lowest BCUT2D eigenvalue weighted by Gasteiger charge is -2.06. The molecular formula is C9H14O3SSi. The van der Waals surface area contributed by atoms with Crippen molar-refractivity contribution in [2.45, 2.75) is 18.2 Å². The van der Waals surface area contributed by atoms with Crippen LogP contribution in [0.5, 0.6) is 0 Å². The lowest BCUT2D eigenvalue weighted by Crippen LogP contribution is -2.17. The van der Waals surface area contributed by atoms with Crippen LogP contribution < -0.4 is 5.19 Å². The van der Waals surface area contributed by atoms with Crippen molar-refractivity contribution in [3.63, 3.8) is 0 Å². The summed E-state index contributed by atoms with van der Waals surface area (Å²) in [5.41, 5.74) is 0. The third-order valence-electron chi connectivity index (χ3n) is 1.81. The monoisotopic (exact) mass is 230 g/mol. The summed E-state index contributed by atoms with van der Waals surface area (Å²) in [7, 11) is -2.81. The summed E-state index contributed by atoms with van der Waals surface area (Å²) >= 11 is 0. The topological polar surface area (TPSA) is 43.4 Å². The fourth-order valence-corrected chi connectivity index (χ4v) is 3.42. The predicted molar refractivity (Wildman–Crippen MR) is 59.4 cm³/mol. The van der Waals surface area contributed by atoms with E-state index < -0.39 is 10.1 Å². The summed E-state index contributed by atoms with van der Waals surface area (Å²) in [5, 5.41) is 0.851. The predicted octanol–water partition coefficient (Wildman–Crippen LogP) is -0.207. The Morgan fingerprint density at radius 2 is 2.00 bits per heavy atom. The van der Waals surface area contributed by atoms with Crippen LogP contribution in [-0.4, -0.2) is 25.3 Å². The Kier molecular flexibility index (Phi) is 3.85. The fourth-order valence-electron chi connectivity index (χ4n) is 1.09. The maximum atomic E-state index is 11.6. The van der Waals surface area contributed by atoms with Crippen LogP contribution in [0.15, 0.2) is 29.2 Å². The number of rotatable bonds is 4. The molecule has 1 aromatic rings. The highest BCUT2D eigenvalue weighted by molar-refractivity contribution is 7.87. The average Bonchev–Trinajstić information content (AvgIpc) is 2.15. The maximum Gasteiger partial charge on any atom is 0.296 e. The molecule has 0 saturated carbocycles. The van der Waals surface area contributed by atoms with E-state index in [1.807, 2.05) is 19.1 Å². The van der Waals surface area contributed by atoms with E-state index in [2.05, 4.69) is 0 Å². The molecule has 0 fully saturated rings. The van der Waals surface area contributed by atoms with Gasteiger partial charge in [-0.1, -0.05) is 30.3 Å². The van der Waals surface area contributed by atoms with Gasteiger partial charge in [0, 0.05) is 10.2 Å². The summed E-state index contributed by atoms with van der Waals surface area (Å²) in [5.74, 6) is 0. The van der Waals surface area contributed by atoms with Gasteiger partial charge in [0.15, 0.2) is 0 Å². The van der Waals surface area contributed by atoms with E-state index in [9.17, 15) is 8.42 Å². The third kappa shape index (κ3) is 2.67. The summed E-state index contributed by atoms with van der Waals surface area (Å²) in [4.78, 5) is 0.320. The minimum atomic E-state index is -3.52. The molecule has 0 aliphatic rings. The van der Waals surface area contributed by atoms with E-state index >= 15 is 0 Å². The fraction of sp³-hybridized carbons (Fsp3) is 0.333. The molecule has 1 rings (SSSR count). The van der Waals surface area contributed by atoms with Gasteiger partial charge in [0.1, 0.15) is 0 Å². The lowest BCUT2D eigenvalue weighted by molar-refractivity contribution is 0.318. The van der Waals surface area contributed by atoms with Gasteiger partial charge in [-0.3, -0.25) is 4.18 Å². The van der Waals surface area contributed by atoms with Gasteiger partial charge in [-0.2, -0.15) is 8.42 Å². The average molecular weight is 230 g/mol. The van der Waals surface area contributed by atoms with Crippen molar-refractivity contribution >= 4 is 25.5 Å². The highest BCUT2D eigenvalue weighted by Crippen LogP contribution is 2.08. The quantitative estimate of drug-likeness (QED) is 0.531. The van der Waals surface area contributed by atoms with Crippen molar-refractivity contribution < 1.29 is 12.6 Å². The number of benzene rings is 1. The molecule has 0 unspecified atom stereocenters. The van der Waals surface area contributed by atoms with Crippen molar-refractivity contribution in [3.8, 4) is 0 Å². The largest absolute Gasteiger partial charge is 0.296 e. The van der Waals surface area contributed by atoms with Crippen LogP contribution >= 0.6 is 0 Å². The normalized spacial score (nSPS) is 11.8. The minimum Gasteiger partial charge on any atom is -0.266 e. The van der Waals surface area contributed by atoms with Crippen LogP contribution in [-0.2, 0) is 14.3 Å².